The van der Waals surface area contributed by atoms with E-state index in [1.165, 1.54) is 199 Å². The Labute approximate surface area is 368 Å². The van der Waals surface area contributed by atoms with Gasteiger partial charge in [0.25, 0.3) is 0 Å². The van der Waals surface area contributed by atoms with E-state index in [1.807, 2.05) is 0 Å². The lowest BCUT2D eigenvalue weighted by Crippen LogP contribution is -2.46. The fourth-order valence-corrected chi connectivity index (χ4v) is 8.31. The average Bonchev–Trinajstić information content (AvgIpc) is 3.23. The second-order valence-electron chi connectivity index (χ2n) is 18.3. The highest BCUT2D eigenvalue weighted by molar-refractivity contribution is 5.77. The smallest absolute Gasteiger partial charge is 0.306 e. The fourth-order valence-electron chi connectivity index (χ4n) is 8.31. The van der Waals surface area contributed by atoms with Gasteiger partial charge in [0.15, 0.2) is 0 Å². The molecule has 0 fully saturated rings. The summed E-state index contributed by atoms with van der Waals surface area (Å²) in [6, 6.07) is -0.695. The molecular weight excluding hydrogens is 731 g/mol. The third-order valence-electron chi connectivity index (χ3n) is 12.3. The molecule has 0 radical (unpaired) electrons. The molecule has 0 aromatic heterocycles. The standard InChI is InChI=1S/C53H103NO5/c1-4-7-10-13-16-19-21-23-25-27-28-30-33-36-39-42-45-51(56)50(48-55)54-52(57)47-49(44-41-38-35-32-18-15-12-9-6-3)59-53(58)46-43-40-37-34-31-29-26-24-22-20-17-14-11-8-5-2/h20,22,49-51,55-56H,4-19,21,23-48H2,1-3H3,(H,54,57)/b22-20-. The molecule has 59 heavy (non-hydrogen) atoms. The summed E-state index contributed by atoms with van der Waals surface area (Å²) in [5.74, 6) is -0.464. The maximum atomic E-state index is 13.2. The van der Waals surface area contributed by atoms with Gasteiger partial charge in [-0.1, -0.05) is 238 Å². The van der Waals surface area contributed by atoms with Crippen molar-refractivity contribution in [2.24, 2.45) is 0 Å². The summed E-state index contributed by atoms with van der Waals surface area (Å²) in [6.45, 7) is 6.48. The van der Waals surface area contributed by atoms with Crippen LogP contribution < -0.4 is 5.32 Å². The van der Waals surface area contributed by atoms with E-state index in [0.717, 1.165) is 44.9 Å². The number of hydrogen-bond donors (Lipinski definition) is 3. The van der Waals surface area contributed by atoms with E-state index in [2.05, 4.69) is 38.2 Å². The number of amides is 1. The van der Waals surface area contributed by atoms with Crippen molar-refractivity contribution in [3.8, 4) is 0 Å². The molecule has 0 bridgehead atoms. The Morgan fingerprint density at radius 3 is 1.22 bits per heavy atom. The van der Waals surface area contributed by atoms with Crippen LogP contribution in [0.3, 0.4) is 0 Å². The minimum Gasteiger partial charge on any atom is -0.462 e. The van der Waals surface area contributed by atoms with E-state index < -0.39 is 18.2 Å². The van der Waals surface area contributed by atoms with Crippen molar-refractivity contribution in [1.29, 1.82) is 0 Å². The van der Waals surface area contributed by atoms with Crippen LogP contribution in [0.2, 0.25) is 0 Å². The van der Waals surface area contributed by atoms with Crippen LogP contribution in [0.4, 0.5) is 0 Å². The number of aliphatic hydroxyl groups excluding tert-OH is 2. The number of rotatable bonds is 48. The summed E-state index contributed by atoms with van der Waals surface area (Å²) in [6.07, 6.45) is 52.7. The maximum absolute atomic E-state index is 13.2. The van der Waals surface area contributed by atoms with Crippen molar-refractivity contribution < 1.29 is 24.5 Å². The topological polar surface area (TPSA) is 95.9 Å². The van der Waals surface area contributed by atoms with E-state index in [0.29, 0.717) is 19.3 Å². The first-order valence-corrected chi connectivity index (χ1v) is 26.4. The van der Waals surface area contributed by atoms with E-state index in [-0.39, 0.29) is 24.9 Å². The molecular formula is C53H103NO5. The lowest BCUT2D eigenvalue weighted by Gasteiger charge is -2.24. The second-order valence-corrected chi connectivity index (χ2v) is 18.3. The van der Waals surface area contributed by atoms with Crippen LogP contribution in [0.25, 0.3) is 0 Å². The predicted molar refractivity (Wildman–Crippen MR) is 255 cm³/mol. The van der Waals surface area contributed by atoms with Gasteiger partial charge in [-0.2, -0.15) is 0 Å². The molecule has 350 valence electrons. The highest BCUT2D eigenvalue weighted by Crippen LogP contribution is 2.18. The first kappa shape index (κ1) is 57.6. The Morgan fingerprint density at radius 1 is 0.475 bits per heavy atom. The molecule has 0 saturated heterocycles. The molecule has 0 aliphatic heterocycles. The number of carbonyl (C=O) groups excluding carboxylic acids is 2. The Kier molecular flexibility index (Phi) is 46.5. The zero-order chi connectivity index (χ0) is 43.1. The van der Waals surface area contributed by atoms with Gasteiger partial charge in [-0.05, 0) is 51.4 Å². The highest BCUT2D eigenvalue weighted by atomic mass is 16.5. The van der Waals surface area contributed by atoms with Crippen molar-refractivity contribution in [3.63, 3.8) is 0 Å². The van der Waals surface area contributed by atoms with Gasteiger partial charge in [0.1, 0.15) is 6.10 Å². The van der Waals surface area contributed by atoms with E-state index in [9.17, 15) is 19.8 Å². The summed E-state index contributed by atoms with van der Waals surface area (Å²) in [4.78, 5) is 26.1. The average molecular weight is 834 g/mol. The summed E-state index contributed by atoms with van der Waals surface area (Å²) < 4.78 is 5.92. The van der Waals surface area contributed by atoms with Crippen LogP contribution >= 0.6 is 0 Å². The van der Waals surface area contributed by atoms with Gasteiger partial charge in [-0.15, -0.1) is 0 Å². The minimum absolute atomic E-state index is 0.0824. The molecule has 1 amide bonds. The van der Waals surface area contributed by atoms with Crippen LogP contribution in [-0.4, -0.2) is 46.9 Å². The van der Waals surface area contributed by atoms with Crippen molar-refractivity contribution in [2.45, 2.75) is 309 Å². The zero-order valence-electron chi connectivity index (χ0n) is 39.9. The fraction of sp³-hybridized carbons (Fsp3) is 0.925. The van der Waals surface area contributed by atoms with E-state index >= 15 is 0 Å². The summed E-state index contributed by atoms with van der Waals surface area (Å²) >= 11 is 0. The number of hydrogen-bond acceptors (Lipinski definition) is 5. The molecule has 0 spiro atoms. The normalized spacial score (nSPS) is 13.2. The first-order chi connectivity index (χ1) is 29.0. The lowest BCUT2D eigenvalue weighted by atomic mass is 10.0. The van der Waals surface area contributed by atoms with E-state index in [1.54, 1.807) is 0 Å². The summed E-state index contributed by atoms with van der Waals surface area (Å²) in [5, 5.41) is 23.8. The van der Waals surface area contributed by atoms with Gasteiger partial charge in [-0.3, -0.25) is 9.59 Å². The Bertz CT molecular complexity index is 893. The van der Waals surface area contributed by atoms with Crippen LogP contribution in [0, 0.1) is 0 Å². The van der Waals surface area contributed by atoms with Crippen LogP contribution in [-0.2, 0) is 14.3 Å². The van der Waals surface area contributed by atoms with E-state index in [4.69, 9.17) is 4.74 Å². The number of unbranched alkanes of at least 4 members (excludes halogenated alkanes) is 34. The quantitative estimate of drug-likeness (QED) is 0.0322. The Hall–Kier alpha value is -1.40. The molecule has 3 N–H and O–H groups in total. The molecule has 3 unspecified atom stereocenters. The molecule has 0 rings (SSSR count). The molecule has 0 aliphatic carbocycles. The number of esters is 1. The summed E-state index contributed by atoms with van der Waals surface area (Å²) in [5.41, 5.74) is 0. The maximum Gasteiger partial charge on any atom is 0.306 e. The van der Waals surface area contributed by atoms with Crippen LogP contribution in [0.1, 0.15) is 290 Å². The molecule has 6 nitrogen and oxygen atoms in total. The largest absolute Gasteiger partial charge is 0.462 e. The molecule has 3 atom stereocenters. The number of carbonyl (C=O) groups is 2. The monoisotopic (exact) mass is 834 g/mol. The van der Waals surface area contributed by atoms with Crippen molar-refractivity contribution in [1.82, 2.24) is 5.32 Å². The number of allylic oxidation sites excluding steroid dienone is 2. The Morgan fingerprint density at radius 2 is 0.814 bits per heavy atom. The SMILES string of the molecule is CCCCCC/C=C\CCCCCCCCCC(=O)OC(CCCCCCCCCCC)CC(=O)NC(CO)C(O)CCCCCCCCCCCCCCCCCC. The van der Waals surface area contributed by atoms with Crippen molar-refractivity contribution >= 4 is 11.9 Å². The third kappa shape index (κ3) is 43.1. The summed E-state index contributed by atoms with van der Waals surface area (Å²) in [7, 11) is 0. The van der Waals surface area contributed by atoms with Crippen molar-refractivity contribution in [2.75, 3.05) is 6.61 Å². The molecule has 6 heteroatoms. The number of ether oxygens (including phenoxy) is 1. The van der Waals surface area contributed by atoms with Crippen LogP contribution in [0.5, 0.6) is 0 Å². The van der Waals surface area contributed by atoms with Gasteiger partial charge in [-0.25, -0.2) is 0 Å². The molecule has 0 aromatic rings. The molecule has 0 aromatic carbocycles. The third-order valence-corrected chi connectivity index (χ3v) is 12.3. The lowest BCUT2D eigenvalue weighted by molar-refractivity contribution is -0.151. The first-order valence-electron chi connectivity index (χ1n) is 26.4. The van der Waals surface area contributed by atoms with Crippen molar-refractivity contribution in [3.05, 3.63) is 12.2 Å². The van der Waals surface area contributed by atoms with Gasteiger partial charge in [0.05, 0.1) is 25.2 Å². The van der Waals surface area contributed by atoms with Gasteiger partial charge < -0.3 is 20.3 Å². The number of nitrogens with one attached hydrogen (secondary N) is 1. The van der Waals surface area contributed by atoms with Crippen LogP contribution in [0.15, 0.2) is 12.2 Å². The molecule has 0 saturated carbocycles. The predicted octanol–water partition coefficient (Wildman–Crippen LogP) is 15.7. The number of aliphatic hydroxyl groups is 2. The zero-order valence-corrected chi connectivity index (χ0v) is 39.9. The van der Waals surface area contributed by atoms with Gasteiger partial charge >= 0.3 is 5.97 Å². The highest BCUT2D eigenvalue weighted by Gasteiger charge is 2.24. The minimum atomic E-state index is -0.782. The molecule has 0 heterocycles. The second kappa shape index (κ2) is 47.6. The van der Waals surface area contributed by atoms with Gasteiger partial charge in [0.2, 0.25) is 5.91 Å². The molecule has 0 aliphatic rings. The Balaban J connectivity index is 4.40. The van der Waals surface area contributed by atoms with Gasteiger partial charge in [0, 0.05) is 6.42 Å².